The first kappa shape index (κ1) is 15.2. The van der Waals surface area contributed by atoms with Crippen LogP contribution in [0.5, 0.6) is 0 Å². The summed E-state index contributed by atoms with van der Waals surface area (Å²) in [5.74, 6) is 0. The van der Waals surface area contributed by atoms with Crippen LogP contribution in [0.25, 0.3) is 0 Å². The Morgan fingerprint density at radius 3 is 2.05 bits per heavy atom. The molecule has 0 aliphatic carbocycles. The van der Waals surface area contributed by atoms with Gasteiger partial charge in [-0.3, -0.25) is 0 Å². The normalized spacial score (nSPS) is 31.5. The minimum absolute atomic E-state index is 0.00168. The van der Waals surface area contributed by atoms with Crippen LogP contribution in [-0.4, -0.2) is 48.7 Å². The van der Waals surface area contributed by atoms with E-state index in [1.165, 1.54) is 0 Å². The van der Waals surface area contributed by atoms with E-state index in [0.717, 1.165) is 44.9 Å². The Morgan fingerprint density at radius 2 is 1.53 bits per heavy atom. The molecule has 0 aromatic heterocycles. The van der Waals surface area contributed by atoms with E-state index in [9.17, 15) is 8.42 Å². The van der Waals surface area contributed by atoms with Crippen LogP contribution in [0.15, 0.2) is 0 Å². The molecule has 2 atom stereocenters. The minimum Gasteiger partial charge on any atom is -0.329 e. The molecule has 112 valence electrons. The quantitative estimate of drug-likeness (QED) is 0.848. The summed E-state index contributed by atoms with van der Waals surface area (Å²) >= 11 is 0. The van der Waals surface area contributed by atoms with Crippen molar-refractivity contribution in [2.24, 2.45) is 5.73 Å². The van der Waals surface area contributed by atoms with Gasteiger partial charge in [0.05, 0.1) is 0 Å². The fourth-order valence-electron chi connectivity index (χ4n) is 3.33. The van der Waals surface area contributed by atoms with Gasteiger partial charge in [-0.25, -0.2) is 0 Å². The Bertz CT molecular complexity index is 355. The van der Waals surface area contributed by atoms with Crippen LogP contribution in [0.1, 0.15) is 51.9 Å². The molecule has 2 heterocycles. The van der Waals surface area contributed by atoms with Gasteiger partial charge in [0.1, 0.15) is 0 Å². The lowest BCUT2D eigenvalue weighted by molar-refractivity contribution is 0.195. The van der Waals surface area contributed by atoms with Gasteiger partial charge in [0.25, 0.3) is 10.2 Å². The third kappa shape index (κ3) is 3.12. The summed E-state index contributed by atoms with van der Waals surface area (Å²) in [7, 11) is -3.32. The van der Waals surface area contributed by atoms with Gasteiger partial charge >= 0.3 is 0 Å². The molecular formula is C13H27N3O2S. The van der Waals surface area contributed by atoms with E-state index in [1.54, 1.807) is 8.61 Å². The Hall–Kier alpha value is -0.170. The lowest BCUT2D eigenvalue weighted by atomic mass is 10.0. The third-order valence-corrected chi connectivity index (χ3v) is 6.63. The summed E-state index contributed by atoms with van der Waals surface area (Å²) in [6.07, 6.45) is 6.98. The highest BCUT2D eigenvalue weighted by Crippen LogP contribution is 2.28. The Kier molecular flexibility index (Phi) is 5.22. The average molecular weight is 289 g/mol. The second-order valence-electron chi connectivity index (χ2n) is 5.67. The molecule has 2 fully saturated rings. The number of nitrogens with two attached hydrogens (primary N) is 1. The highest BCUT2D eigenvalue weighted by molar-refractivity contribution is 7.86. The van der Waals surface area contributed by atoms with E-state index >= 15 is 0 Å². The SMILES string of the molecule is CCC1CCCCN1S(=O)(=O)N1CCCCC1CN. The van der Waals surface area contributed by atoms with Crippen LogP contribution >= 0.6 is 0 Å². The molecule has 0 aromatic rings. The molecule has 0 saturated carbocycles. The molecule has 2 aliphatic heterocycles. The largest absolute Gasteiger partial charge is 0.329 e. The second-order valence-corrected chi connectivity index (χ2v) is 7.51. The van der Waals surface area contributed by atoms with Gasteiger partial charge in [-0.05, 0) is 32.1 Å². The first-order valence-electron chi connectivity index (χ1n) is 7.60. The van der Waals surface area contributed by atoms with Gasteiger partial charge in [-0.2, -0.15) is 17.0 Å². The van der Waals surface area contributed by atoms with Crippen molar-refractivity contribution in [1.82, 2.24) is 8.61 Å². The molecule has 0 bridgehead atoms. The van der Waals surface area contributed by atoms with Gasteiger partial charge in [0.15, 0.2) is 0 Å². The van der Waals surface area contributed by atoms with Crippen LogP contribution in [0.3, 0.4) is 0 Å². The van der Waals surface area contributed by atoms with Crippen molar-refractivity contribution >= 4 is 10.2 Å². The van der Waals surface area contributed by atoms with Crippen LogP contribution in [0.4, 0.5) is 0 Å². The highest BCUT2D eigenvalue weighted by Gasteiger charge is 2.39. The molecular weight excluding hydrogens is 262 g/mol. The molecule has 0 radical (unpaired) electrons. The van der Waals surface area contributed by atoms with Crippen LogP contribution in [0.2, 0.25) is 0 Å². The maximum Gasteiger partial charge on any atom is 0.282 e. The Morgan fingerprint density at radius 1 is 1.00 bits per heavy atom. The summed E-state index contributed by atoms with van der Waals surface area (Å²) in [6.45, 7) is 3.82. The number of rotatable bonds is 4. The highest BCUT2D eigenvalue weighted by atomic mass is 32.2. The van der Waals surface area contributed by atoms with E-state index in [-0.39, 0.29) is 12.1 Å². The minimum atomic E-state index is -3.32. The zero-order chi connectivity index (χ0) is 13.9. The van der Waals surface area contributed by atoms with Gasteiger partial charge in [0, 0.05) is 31.7 Å². The molecule has 2 aliphatic rings. The summed E-state index contributed by atoms with van der Waals surface area (Å²) in [6, 6.07) is 0.178. The van der Waals surface area contributed by atoms with E-state index in [1.807, 2.05) is 0 Å². The maximum absolute atomic E-state index is 12.9. The maximum atomic E-state index is 12.9. The summed E-state index contributed by atoms with van der Waals surface area (Å²) in [5, 5.41) is 0. The Balaban J connectivity index is 2.19. The molecule has 0 aromatic carbocycles. The van der Waals surface area contributed by atoms with Crippen molar-refractivity contribution in [2.45, 2.75) is 64.0 Å². The summed E-state index contributed by atoms with van der Waals surface area (Å²) < 4.78 is 29.2. The average Bonchev–Trinajstić information content (AvgIpc) is 2.47. The Labute approximate surface area is 117 Å². The van der Waals surface area contributed by atoms with Crippen molar-refractivity contribution in [3.8, 4) is 0 Å². The first-order chi connectivity index (χ1) is 9.11. The predicted molar refractivity (Wildman–Crippen MR) is 77.0 cm³/mol. The van der Waals surface area contributed by atoms with Crippen LogP contribution < -0.4 is 5.73 Å². The van der Waals surface area contributed by atoms with Gasteiger partial charge in [-0.1, -0.05) is 19.8 Å². The van der Waals surface area contributed by atoms with E-state index in [0.29, 0.717) is 19.6 Å². The lowest BCUT2D eigenvalue weighted by Gasteiger charge is -2.41. The van der Waals surface area contributed by atoms with Crippen LogP contribution in [0, 0.1) is 0 Å². The van der Waals surface area contributed by atoms with E-state index in [2.05, 4.69) is 6.92 Å². The molecule has 6 heteroatoms. The number of piperidine rings is 2. The summed E-state index contributed by atoms with van der Waals surface area (Å²) in [5.41, 5.74) is 5.76. The fourth-order valence-corrected chi connectivity index (χ4v) is 5.52. The molecule has 5 nitrogen and oxygen atoms in total. The molecule has 0 amide bonds. The molecule has 2 N–H and O–H groups in total. The predicted octanol–water partition coefficient (Wildman–Crippen LogP) is 1.31. The van der Waals surface area contributed by atoms with Gasteiger partial charge in [0.2, 0.25) is 0 Å². The molecule has 2 rings (SSSR count). The first-order valence-corrected chi connectivity index (χ1v) is 8.99. The van der Waals surface area contributed by atoms with Crippen molar-refractivity contribution in [1.29, 1.82) is 0 Å². The number of hydrogen-bond donors (Lipinski definition) is 1. The molecule has 2 saturated heterocycles. The topological polar surface area (TPSA) is 66.6 Å². The van der Waals surface area contributed by atoms with E-state index in [4.69, 9.17) is 5.73 Å². The van der Waals surface area contributed by atoms with Crippen molar-refractivity contribution in [3.05, 3.63) is 0 Å². The van der Waals surface area contributed by atoms with Crippen LogP contribution in [-0.2, 0) is 10.2 Å². The van der Waals surface area contributed by atoms with Gasteiger partial charge in [-0.15, -0.1) is 0 Å². The number of hydrogen-bond acceptors (Lipinski definition) is 3. The zero-order valence-electron chi connectivity index (χ0n) is 11.9. The van der Waals surface area contributed by atoms with Crippen molar-refractivity contribution in [2.75, 3.05) is 19.6 Å². The standard InChI is InChI=1S/C13H27N3O2S/c1-2-12-7-3-5-9-15(12)19(17,18)16-10-6-4-8-13(16)11-14/h12-13H,2-11,14H2,1H3. The third-order valence-electron chi connectivity index (χ3n) is 4.48. The number of nitrogens with zero attached hydrogens (tertiary/aromatic N) is 2. The molecule has 2 unspecified atom stereocenters. The second kappa shape index (κ2) is 6.52. The summed E-state index contributed by atoms with van der Waals surface area (Å²) in [4.78, 5) is 0. The molecule has 19 heavy (non-hydrogen) atoms. The fraction of sp³-hybridized carbons (Fsp3) is 1.00. The molecule has 0 spiro atoms. The lowest BCUT2D eigenvalue weighted by Crippen LogP contribution is -2.56. The van der Waals surface area contributed by atoms with Crippen molar-refractivity contribution < 1.29 is 8.42 Å². The zero-order valence-corrected chi connectivity index (χ0v) is 12.7. The smallest absolute Gasteiger partial charge is 0.282 e. The van der Waals surface area contributed by atoms with Gasteiger partial charge < -0.3 is 5.73 Å². The van der Waals surface area contributed by atoms with E-state index < -0.39 is 10.2 Å². The monoisotopic (exact) mass is 289 g/mol. The van der Waals surface area contributed by atoms with Crippen molar-refractivity contribution in [3.63, 3.8) is 0 Å².